The Morgan fingerprint density at radius 1 is 0.966 bits per heavy atom. The van der Waals surface area contributed by atoms with Gasteiger partial charge in [-0.15, -0.1) is 0 Å². The molecule has 0 aromatic heterocycles. The zero-order valence-corrected chi connectivity index (χ0v) is 18.6. The van der Waals surface area contributed by atoms with E-state index in [-0.39, 0.29) is 24.3 Å². The van der Waals surface area contributed by atoms with E-state index >= 15 is 0 Å². The molecule has 2 rings (SSSR count). The number of benzene rings is 2. The highest BCUT2D eigenvalue weighted by Crippen LogP contribution is 2.26. The molecule has 0 bridgehead atoms. The van der Waals surface area contributed by atoms with Crippen LogP contribution in [0.25, 0.3) is 0 Å². The lowest BCUT2D eigenvalue weighted by Crippen LogP contribution is -2.51. The normalized spacial score (nSPS) is 12.9. The second kappa shape index (κ2) is 11.2. The molecule has 156 valence electrons. The SMILES string of the molecule is CCC(C)NC(=O)C(CC)N(Cc1ccccc1)C(=O)Cc1c(Cl)cccc1Cl. The minimum Gasteiger partial charge on any atom is -0.352 e. The lowest BCUT2D eigenvalue weighted by molar-refractivity contribution is -0.141. The summed E-state index contributed by atoms with van der Waals surface area (Å²) in [5, 5.41) is 3.90. The van der Waals surface area contributed by atoms with E-state index in [1.54, 1.807) is 23.1 Å². The standard InChI is InChI=1S/C23H28Cl2N2O2/c1-4-16(3)26-23(29)21(5-2)27(15-17-10-7-6-8-11-17)22(28)14-18-19(24)12-9-13-20(18)25/h6-13,16,21H,4-5,14-15H2,1-3H3,(H,26,29). The van der Waals surface area contributed by atoms with Crippen molar-refractivity contribution in [2.24, 2.45) is 0 Å². The van der Waals surface area contributed by atoms with Gasteiger partial charge in [-0.1, -0.05) is 73.4 Å². The van der Waals surface area contributed by atoms with E-state index in [9.17, 15) is 9.59 Å². The second-order valence-corrected chi connectivity index (χ2v) is 7.94. The topological polar surface area (TPSA) is 49.4 Å². The lowest BCUT2D eigenvalue weighted by atomic mass is 10.1. The van der Waals surface area contributed by atoms with Crippen LogP contribution in [0.4, 0.5) is 0 Å². The molecule has 2 atom stereocenters. The largest absolute Gasteiger partial charge is 0.352 e. The Hall–Kier alpha value is -2.04. The molecule has 0 fully saturated rings. The van der Waals surface area contributed by atoms with E-state index in [4.69, 9.17) is 23.2 Å². The Balaban J connectivity index is 2.32. The minimum atomic E-state index is -0.571. The van der Waals surface area contributed by atoms with Gasteiger partial charge in [0, 0.05) is 22.6 Å². The molecule has 4 nitrogen and oxygen atoms in total. The summed E-state index contributed by atoms with van der Waals surface area (Å²) in [4.78, 5) is 27.9. The van der Waals surface area contributed by atoms with Gasteiger partial charge in [0.15, 0.2) is 0 Å². The highest BCUT2D eigenvalue weighted by molar-refractivity contribution is 6.36. The fourth-order valence-electron chi connectivity index (χ4n) is 3.09. The fraction of sp³-hybridized carbons (Fsp3) is 0.391. The van der Waals surface area contributed by atoms with Gasteiger partial charge in [-0.2, -0.15) is 0 Å². The van der Waals surface area contributed by atoms with Crippen LogP contribution in [0, 0.1) is 0 Å². The second-order valence-electron chi connectivity index (χ2n) is 7.13. The summed E-state index contributed by atoms with van der Waals surface area (Å²) < 4.78 is 0. The monoisotopic (exact) mass is 434 g/mol. The maximum atomic E-state index is 13.3. The Morgan fingerprint density at radius 3 is 2.14 bits per heavy atom. The van der Waals surface area contributed by atoms with Crippen molar-refractivity contribution in [1.82, 2.24) is 10.2 Å². The van der Waals surface area contributed by atoms with Crippen molar-refractivity contribution in [3.63, 3.8) is 0 Å². The third kappa shape index (κ3) is 6.48. The van der Waals surface area contributed by atoms with Crippen LogP contribution in [0.15, 0.2) is 48.5 Å². The number of carbonyl (C=O) groups excluding carboxylic acids is 2. The van der Waals surface area contributed by atoms with Crippen molar-refractivity contribution >= 4 is 35.0 Å². The highest BCUT2D eigenvalue weighted by atomic mass is 35.5. The number of rotatable bonds is 9. The van der Waals surface area contributed by atoms with E-state index in [2.05, 4.69) is 5.32 Å². The number of amides is 2. The van der Waals surface area contributed by atoms with E-state index in [0.717, 1.165) is 12.0 Å². The minimum absolute atomic E-state index is 0.0401. The molecular formula is C23H28Cl2N2O2. The quantitative estimate of drug-likeness (QED) is 0.584. The van der Waals surface area contributed by atoms with Crippen molar-refractivity contribution in [1.29, 1.82) is 0 Å². The molecule has 2 aromatic carbocycles. The van der Waals surface area contributed by atoms with E-state index in [1.165, 1.54) is 0 Å². The highest BCUT2D eigenvalue weighted by Gasteiger charge is 2.29. The van der Waals surface area contributed by atoms with Crippen LogP contribution >= 0.6 is 23.2 Å². The Labute approximate surface area is 183 Å². The summed E-state index contributed by atoms with van der Waals surface area (Å²) >= 11 is 12.5. The first-order chi connectivity index (χ1) is 13.9. The summed E-state index contributed by atoms with van der Waals surface area (Å²) in [5.41, 5.74) is 1.54. The van der Waals surface area contributed by atoms with Crippen LogP contribution < -0.4 is 5.32 Å². The van der Waals surface area contributed by atoms with Gasteiger partial charge in [-0.3, -0.25) is 9.59 Å². The summed E-state index contributed by atoms with van der Waals surface area (Å²) in [7, 11) is 0. The van der Waals surface area contributed by atoms with Crippen LogP contribution in [0.3, 0.4) is 0 Å². The zero-order chi connectivity index (χ0) is 21.4. The van der Waals surface area contributed by atoms with Gasteiger partial charge >= 0.3 is 0 Å². The molecule has 0 saturated heterocycles. The van der Waals surface area contributed by atoms with Crippen molar-refractivity contribution in [3.8, 4) is 0 Å². The molecule has 0 aliphatic carbocycles. The molecule has 0 aliphatic heterocycles. The number of halogens is 2. The zero-order valence-electron chi connectivity index (χ0n) is 17.1. The van der Waals surface area contributed by atoms with Gasteiger partial charge in [0.1, 0.15) is 6.04 Å². The molecule has 2 amide bonds. The summed E-state index contributed by atoms with van der Waals surface area (Å²) in [6, 6.07) is 14.3. The predicted molar refractivity (Wildman–Crippen MR) is 119 cm³/mol. The molecule has 0 saturated carbocycles. The van der Waals surface area contributed by atoms with Crippen molar-refractivity contribution in [2.45, 2.75) is 58.7 Å². The van der Waals surface area contributed by atoms with Gasteiger partial charge in [-0.05, 0) is 43.0 Å². The number of nitrogens with one attached hydrogen (secondary N) is 1. The molecule has 2 unspecified atom stereocenters. The molecule has 0 aliphatic rings. The first-order valence-electron chi connectivity index (χ1n) is 9.94. The summed E-state index contributed by atoms with van der Waals surface area (Å²) in [6.07, 6.45) is 1.37. The number of nitrogens with zero attached hydrogens (tertiary/aromatic N) is 1. The van der Waals surface area contributed by atoms with E-state index in [0.29, 0.717) is 28.6 Å². The van der Waals surface area contributed by atoms with E-state index < -0.39 is 6.04 Å². The fourth-order valence-corrected chi connectivity index (χ4v) is 3.63. The van der Waals surface area contributed by atoms with Crippen molar-refractivity contribution < 1.29 is 9.59 Å². The third-order valence-electron chi connectivity index (χ3n) is 4.97. The summed E-state index contributed by atoms with van der Waals surface area (Å²) in [5.74, 6) is -0.327. The van der Waals surface area contributed by atoms with Gasteiger partial charge < -0.3 is 10.2 Å². The third-order valence-corrected chi connectivity index (χ3v) is 5.68. The first-order valence-corrected chi connectivity index (χ1v) is 10.7. The molecule has 29 heavy (non-hydrogen) atoms. The van der Waals surface area contributed by atoms with Crippen molar-refractivity contribution in [2.75, 3.05) is 0 Å². The van der Waals surface area contributed by atoms with Gasteiger partial charge in [-0.25, -0.2) is 0 Å². The molecule has 0 radical (unpaired) electrons. The molecule has 6 heteroatoms. The maximum Gasteiger partial charge on any atom is 0.243 e. The molecule has 1 N–H and O–H groups in total. The number of hydrogen-bond donors (Lipinski definition) is 1. The van der Waals surface area contributed by atoms with Crippen LogP contribution in [0.2, 0.25) is 10.0 Å². The smallest absolute Gasteiger partial charge is 0.243 e. The van der Waals surface area contributed by atoms with Gasteiger partial charge in [0.25, 0.3) is 0 Å². The van der Waals surface area contributed by atoms with E-state index in [1.807, 2.05) is 51.1 Å². The average molecular weight is 435 g/mol. The van der Waals surface area contributed by atoms with Gasteiger partial charge in [0.2, 0.25) is 11.8 Å². The Morgan fingerprint density at radius 2 is 1.59 bits per heavy atom. The van der Waals surface area contributed by atoms with Crippen LogP contribution in [0.1, 0.15) is 44.7 Å². The molecule has 0 spiro atoms. The molecular weight excluding hydrogens is 407 g/mol. The number of carbonyl (C=O) groups is 2. The van der Waals surface area contributed by atoms with Crippen molar-refractivity contribution in [3.05, 3.63) is 69.7 Å². The van der Waals surface area contributed by atoms with Gasteiger partial charge in [0.05, 0.1) is 6.42 Å². The first kappa shape index (κ1) is 23.2. The van der Waals surface area contributed by atoms with Crippen LogP contribution in [-0.2, 0) is 22.6 Å². The predicted octanol–water partition coefficient (Wildman–Crippen LogP) is 5.26. The Kier molecular flexibility index (Phi) is 8.99. The van der Waals surface area contributed by atoms with Crippen LogP contribution in [-0.4, -0.2) is 28.8 Å². The maximum absolute atomic E-state index is 13.3. The van der Waals surface area contributed by atoms with Crippen LogP contribution in [0.5, 0.6) is 0 Å². The average Bonchev–Trinajstić information content (AvgIpc) is 2.71. The number of hydrogen-bond acceptors (Lipinski definition) is 2. The molecule has 0 heterocycles. The summed E-state index contributed by atoms with van der Waals surface area (Å²) in [6.45, 7) is 6.22. The Bertz CT molecular complexity index is 807. The lowest BCUT2D eigenvalue weighted by Gasteiger charge is -2.31. The molecule has 2 aromatic rings.